The highest BCUT2D eigenvalue weighted by Crippen LogP contribution is 2.37. The van der Waals surface area contributed by atoms with Crippen LogP contribution in [0.25, 0.3) is 21.9 Å². The minimum Gasteiger partial charge on any atom is -0.385 e. The molecule has 0 amide bonds. The molecular weight excluding hydrogens is 420 g/mol. The summed E-state index contributed by atoms with van der Waals surface area (Å²) in [7, 11) is 0. The van der Waals surface area contributed by atoms with E-state index in [0.29, 0.717) is 17.1 Å². The van der Waals surface area contributed by atoms with Crippen molar-refractivity contribution >= 4 is 45.0 Å². The lowest BCUT2D eigenvalue weighted by Crippen LogP contribution is -2.26. The van der Waals surface area contributed by atoms with Gasteiger partial charge in [-0.1, -0.05) is 17.7 Å². The number of fused-ring (bicyclic) bond motifs is 2. The van der Waals surface area contributed by atoms with E-state index >= 15 is 0 Å². The van der Waals surface area contributed by atoms with Crippen molar-refractivity contribution in [2.75, 3.05) is 17.2 Å². The van der Waals surface area contributed by atoms with Crippen LogP contribution < -0.4 is 10.6 Å². The Hall–Kier alpha value is -2.86. The highest BCUT2D eigenvalue weighted by atomic mass is 35.5. The number of rotatable bonds is 5. The average Bonchev–Trinajstić information content (AvgIpc) is 3.38. The third-order valence-corrected chi connectivity index (χ3v) is 6.46. The molecule has 0 saturated heterocycles. The number of hydrogen-bond donors (Lipinski definition) is 2. The monoisotopic (exact) mass is 448 g/mol. The van der Waals surface area contributed by atoms with Gasteiger partial charge < -0.3 is 15.2 Å². The normalized spacial score (nSPS) is 19.0. The highest BCUT2D eigenvalue weighted by Gasteiger charge is 2.27. The van der Waals surface area contributed by atoms with Crippen molar-refractivity contribution in [3.05, 3.63) is 54.1 Å². The SMILES string of the molecule is CC(C)(C)Nc1ccc2ccc(NCC3CCC(n4ccc5c(Cl)ncnc54)C3)cc2n1. The third kappa shape index (κ3) is 4.37. The summed E-state index contributed by atoms with van der Waals surface area (Å²) in [5.74, 6) is 1.52. The van der Waals surface area contributed by atoms with Gasteiger partial charge in [0.05, 0.1) is 10.9 Å². The molecule has 0 radical (unpaired) electrons. The largest absolute Gasteiger partial charge is 0.385 e. The van der Waals surface area contributed by atoms with Crippen LogP contribution in [0.3, 0.4) is 0 Å². The molecule has 2 N–H and O–H groups in total. The number of benzene rings is 1. The van der Waals surface area contributed by atoms with Gasteiger partial charge in [-0.3, -0.25) is 0 Å². The van der Waals surface area contributed by atoms with E-state index in [4.69, 9.17) is 16.6 Å². The zero-order valence-electron chi connectivity index (χ0n) is 18.8. The molecule has 1 aromatic carbocycles. The summed E-state index contributed by atoms with van der Waals surface area (Å²) in [5.41, 5.74) is 3.04. The van der Waals surface area contributed by atoms with Crippen molar-refractivity contribution in [3.63, 3.8) is 0 Å². The molecule has 1 aliphatic rings. The first kappa shape index (κ1) is 21.0. The fourth-order valence-corrected chi connectivity index (χ4v) is 4.86. The van der Waals surface area contributed by atoms with E-state index < -0.39 is 0 Å². The van der Waals surface area contributed by atoms with E-state index in [1.54, 1.807) is 6.33 Å². The molecule has 1 aliphatic carbocycles. The van der Waals surface area contributed by atoms with Gasteiger partial charge in [-0.15, -0.1) is 0 Å². The van der Waals surface area contributed by atoms with Gasteiger partial charge in [-0.05, 0) is 76.3 Å². The summed E-state index contributed by atoms with van der Waals surface area (Å²) < 4.78 is 2.27. The summed E-state index contributed by atoms with van der Waals surface area (Å²) in [4.78, 5) is 13.4. The van der Waals surface area contributed by atoms with E-state index in [1.807, 2.05) is 12.1 Å². The number of nitrogens with zero attached hydrogens (tertiary/aromatic N) is 4. The minimum absolute atomic E-state index is 0.0159. The lowest BCUT2D eigenvalue weighted by molar-refractivity contribution is 0.496. The smallest absolute Gasteiger partial charge is 0.145 e. The van der Waals surface area contributed by atoms with Gasteiger partial charge in [0, 0.05) is 35.4 Å². The Balaban J connectivity index is 1.25. The second-order valence-corrected chi connectivity index (χ2v) is 10.2. The number of nitrogens with one attached hydrogen (secondary N) is 2. The number of anilines is 2. The van der Waals surface area contributed by atoms with E-state index in [0.717, 1.165) is 52.8 Å². The van der Waals surface area contributed by atoms with Crippen molar-refractivity contribution in [3.8, 4) is 0 Å². The topological polar surface area (TPSA) is 67.7 Å². The van der Waals surface area contributed by atoms with Crippen LogP contribution in [-0.2, 0) is 0 Å². The molecule has 1 saturated carbocycles. The van der Waals surface area contributed by atoms with Crippen LogP contribution in [0.5, 0.6) is 0 Å². The van der Waals surface area contributed by atoms with Gasteiger partial charge in [0.25, 0.3) is 0 Å². The van der Waals surface area contributed by atoms with Crippen LogP contribution in [0.1, 0.15) is 46.1 Å². The van der Waals surface area contributed by atoms with Crippen molar-refractivity contribution in [2.45, 2.75) is 51.6 Å². The minimum atomic E-state index is -0.0159. The van der Waals surface area contributed by atoms with Gasteiger partial charge in [0.1, 0.15) is 22.9 Å². The van der Waals surface area contributed by atoms with Gasteiger partial charge >= 0.3 is 0 Å². The maximum Gasteiger partial charge on any atom is 0.145 e. The van der Waals surface area contributed by atoms with E-state index in [9.17, 15) is 0 Å². The predicted molar refractivity (Wildman–Crippen MR) is 133 cm³/mol. The Kier molecular flexibility index (Phi) is 5.41. The fourth-order valence-electron chi connectivity index (χ4n) is 4.66. The van der Waals surface area contributed by atoms with Crippen LogP contribution in [0.2, 0.25) is 5.15 Å². The lowest BCUT2D eigenvalue weighted by Gasteiger charge is -2.21. The Morgan fingerprint density at radius 2 is 1.94 bits per heavy atom. The van der Waals surface area contributed by atoms with E-state index in [1.165, 1.54) is 6.42 Å². The summed E-state index contributed by atoms with van der Waals surface area (Å²) >= 11 is 6.22. The molecule has 3 heterocycles. The van der Waals surface area contributed by atoms with Crippen LogP contribution in [0, 0.1) is 5.92 Å². The van der Waals surface area contributed by atoms with Gasteiger partial charge in [0.15, 0.2) is 0 Å². The number of halogens is 1. The van der Waals surface area contributed by atoms with Crippen molar-refractivity contribution in [1.82, 2.24) is 19.5 Å². The molecule has 7 heteroatoms. The zero-order valence-corrected chi connectivity index (χ0v) is 19.5. The number of aromatic nitrogens is 4. The summed E-state index contributed by atoms with van der Waals surface area (Å²) in [6, 6.07) is 13.1. The summed E-state index contributed by atoms with van der Waals surface area (Å²) in [6.07, 6.45) is 7.12. The lowest BCUT2D eigenvalue weighted by atomic mass is 10.1. The zero-order chi connectivity index (χ0) is 22.3. The van der Waals surface area contributed by atoms with Crippen LogP contribution in [0.15, 0.2) is 48.9 Å². The Morgan fingerprint density at radius 3 is 2.78 bits per heavy atom. The molecule has 0 aliphatic heterocycles. The van der Waals surface area contributed by atoms with Crippen molar-refractivity contribution in [1.29, 1.82) is 0 Å². The quantitative estimate of drug-likeness (QED) is 0.351. The molecule has 2 unspecified atom stereocenters. The average molecular weight is 449 g/mol. The van der Waals surface area contributed by atoms with Gasteiger partial charge in [0.2, 0.25) is 0 Å². The molecule has 32 heavy (non-hydrogen) atoms. The molecule has 3 aromatic heterocycles. The molecule has 166 valence electrons. The second-order valence-electron chi connectivity index (χ2n) is 9.82. The Bertz CT molecular complexity index is 1260. The maximum absolute atomic E-state index is 6.22. The summed E-state index contributed by atoms with van der Waals surface area (Å²) in [5, 5.41) is 9.70. The first-order valence-corrected chi connectivity index (χ1v) is 11.6. The fraction of sp³-hybridized carbons (Fsp3) is 0.400. The number of hydrogen-bond acceptors (Lipinski definition) is 5. The Labute approximate surface area is 193 Å². The van der Waals surface area contributed by atoms with Gasteiger partial charge in [-0.2, -0.15) is 0 Å². The molecule has 2 atom stereocenters. The molecule has 1 fully saturated rings. The molecular formula is C25H29ClN6. The maximum atomic E-state index is 6.22. The molecule has 5 rings (SSSR count). The standard InChI is InChI=1S/C25H29ClN6/c1-25(2,3)31-22-9-6-17-5-7-18(13-21(17)30-22)27-14-16-4-8-19(12-16)32-11-10-20-23(26)28-15-29-24(20)32/h5-7,9-11,13,15-16,19,27H,4,8,12,14H2,1-3H3,(H,30,31). The highest BCUT2D eigenvalue weighted by molar-refractivity contribution is 6.33. The van der Waals surface area contributed by atoms with Crippen molar-refractivity contribution < 1.29 is 0 Å². The van der Waals surface area contributed by atoms with Crippen LogP contribution in [0.4, 0.5) is 11.5 Å². The second kappa shape index (κ2) is 8.24. The Morgan fingerprint density at radius 1 is 1.09 bits per heavy atom. The summed E-state index contributed by atoms with van der Waals surface area (Å²) in [6.45, 7) is 7.38. The predicted octanol–water partition coefficient (Wildman–Crippen LogP) is 6.30. The van der Waals surface area contributed by atoms with Crippen LogP contribution >= 0.6 is 11.6 Å². The van der Waals surface area contributed by atoms with E-state index in [-0.39, 0.29) is 5.54 Å². The van der Waals surface area contributed by atoms with Gasteiger partial charge in [-0.25, -0.2) is 15.0 Å². The van der Waals surface area contributed by atoms with E-state index in [2.05, 4.69) is 76.4 Å². The number of pyridine rings is 1. The molecule has 0 bridgehead atoms. The third-order valence-electron chi connectivity index (χ3n) is 6.16. The molecule has 0 spiro atoms. The first-order chi connectivity index (χ1) is 15.4. The van der Waals surface area contributed by atoms with Crippen LogP contribution in [-0.4, -0.2) is 31.6 Å². The molecule has 6 nitrogen and oxygen atoms in total. The first-order valence-electron chi connectivity index (χ1n) is 11.3. The van der Waals surface area contributed by atoms with Crippen molar-refractivity contribution in [2.24, 2.45) is 5.92 Å². The molecule has 4 aromatic rings.